The first-order valence-corrected chi connectivity index (χ1v) is 13.2. The highest BCUT2D eigenvalue weighted by Crippen LogP contribution is 2.34. The Morgan fingerprint density at radius 1 is 0.829 bits per heavy atom. The first-order chi connectivity index (χ1) is 17.1. The molecule has 3 aliphatic rings. The molecule has 188 valence electrons. The summed E-state index contributed by atoms with van der Waals surface area (Å²) in [5, 5.41) is 0. The van der Waals surface area contributed by atoms with Crippen molar-refractivity contribution in [3.8, 4) is 22.6 Å². The molecule has 1 saturated heterocycles. The van der Waals surface area contributed by atoms with Crippen molar-refractivity contribution in [2.24, 2.45) is 0 Å². The van der Waals surface area contributed by atoms with Crippen molar-refractivity contribution in [2.45, 2.75) is 51.1 Å². The van der Waals surface area contributed by atoms with Crippen LogP contribution in [0.2, 0.25) is 0 Å². The monoisotopic (exact) mass is 477 g/mol. The second-order valence-corrected chi connectivity index (χ2v) is 10.2. The number of fused-ring (bicyclic) bond motifs is 1. The fourth-order valence-electron chi connectivity index (χ4n) is 6.02. The third-order valence-corrected chi connectivity index (χ3v) is 8.13. The normalized spacial score (nSPS) is 19.9. The molecule has 0 spiro atoms. The molecule has 2 heterocycles. The maximum atomic E-state index is 13.1. The zero-order chi connectivity index (χ0) is 24.2. The molecule has 2 aliphatic heterocycles. The zero-order valence-corrected chi connectivity index (χ0v) is 21.3. The molecule has 6 nitrogen and oxygen atoms in total. The van der Waals surface area contributed by atoms with Gasteiger partial charge in [0.2, 0.25) is 5.91 Å². The summed E-state index contributed by atoms with van der Waals surface area (Å²) in [7, 11) is 3.32. The topological polar surface area (TPSA) is 45.2 Å². The summed E-state index contributed by atoms with van der Waals surface area (Å²) in [4.78, 5) is 20.1. The smallest absolute Gasteiger partial charge is 0.236 e. The summed E-state index contributed by atoms with van der Waals surface area (Å²) in [6.45, 7) is 6.14. The van der Waals surface area contributed by atoms with Crippen molar-refractivity contribution in [1.29, 1.82) is 0 Å². The van der Waals surface area contributed by atoms with Gasteiger partial charge >= 0.3 is 0 Å². The van der Waals surface area contributed by atoms with Crippen molar-refractivity contribution >= 4 is 5.91 Å². The van der Waals surface area contributed by atoms with Crippen molar-refractivity contribution in [1.82, 2.24) is 14.7 Å². The fraction of sp³-hybridized carbons (Fsp3) is 0.552. The lowest BCUT2D eigenvalue weighted by molar-refractivity contribution is -0.134. The van der Waals surface area contributed by atoms with Crippen LogP contribution in [0.4, 0.5) is 0 Å². The molecule has 35 heavy (non-hydrogen) atoms. The minimum atomic E-state index is 0.290. The molecule has 0 aromatic heterocycles. The lowest BCUT2D eigenvalue weighted by Crippen LogP contribution is -2.54. The highest BCUT2D eigenvalue weighted by molar-refractivity contribution is 5.78. The van der Waals surface area contributed by atoms with Gasteiger partial charge in [0.1, 0.15) is 0 Å². The molecule has 2 fully saturated rings. The first kappa shape index (κ1) is 24.1. The van der Waals surface area contributed by atoms with Crippen LogP contribution >= 0.6 is 0 Å². The average molecular weight is 478 g/mol. The standard InChI is InChI=1S/C29H39N3O3/c1-34-27-11-10-23(19-28(27)35-2)22-8-9-25-20-30(13-12-24(25)18-22)21-29(33)32-16-14-31(15-17-32)26-6-4-3-5-7-26/h8-11,18-19,26H,3-7,12-17,20-21H2,1-2H3. The van der Waals surface area contributed by atoms with E-state index in [1.54, 1.807) is 14.2 Å². The van der Waals surface area contributed by atoms with Gasteiger partial charge in [-0.15, -0.1) is 0 Å². The van der Waals surface area contributed by atoms with Crippen LogP contribution in [0.5, 0.6) is 11.5 Å². The summed E-state index contributed by atoms with van der Waals surface area (Å²) in [5.41, 5.74) is 5.01. The quantitative estimate of drug-likeness (QED) is 0.624. The van der Waals surface area contributed by atoms with Crippen LogP contribution in [-0.2, 0) is 17.8 Å². The van der Waals surface area contributed by atoms with Crippen LogP contribution in [0.15, 0.2) is 36.4 Å². The number of carbonyl (C=O) groups is 1. The molecule has 5 rings (SSSR count). The number of hydrogen-bond donors (Lipinski definition) is 0. The summed E-state index contributed by atoms with van der Waals surface area (Å²) in [6.07, 6.45) is 7.79. The van der Waals surface area contributed by atoms with E-state index < -0.39 is 0 Å². The Morgan fingerprint density at radius 2 is 1.54 bits per heavy atom. The lowest BCUT2D eigenvalue weighted by Gasteiger charge is -2.41. The average Bonchev–Trinajstić information content (AvgIpc) is 2.93. The van der Waals surface area contributed by atoms with Crippen molar-refractivity contribution < 1.29 is 14.3 Å². The molecular weight excluding hydrogens is 438 g/mol. The maximum absolute atomic E-state index is 13.1. The molecule has 0 atom stereocenters. The van der Waals surface area contributed by atoms with Gasteiger partial charge in [-0.3, -0.25) is 14.6 Å². The van der Waals surface area contributed by atoms with E-state index in [9.17, 15) is 4.79 Å². The van der Waals surface area contributed by atoms with E-state index in [4.69, 9.17) is 9.47 Å². The molecule has 0 unspecified atom stereocenters. The molecule has 0 bridgehead atoms. The Morgan fingerprint density at radius 3 is 2.29 bits per heavy atom. The number of nitrogens with zero attached hydrogens (tertiary/aromatic N) is 3. The minimum absolute atomic E-state index is 0.290. The Hall–Kier alpha value is -2.57. The number of carbonyl (C=O) groups excluding carboxylic acids is 1. The van der Waals surface area contributed by atoms with Crippen LogP contribution in [0.25, 0.3) is 11.1 Å². The molecule has 2 aromatic carbocycles. The van der Waals surface area contributed by atoms with E-state index in [2.05, 4.69) is 39.0 Å². The Balaban J connectivity index is 1.16. The summed E-state index contributed by atoms with van der Waals surface area (Å²) < 4.78 is 10.9. The van der Waals surface area contributed by atoms with Crippen LogP contribution in [-0.4, -0.2) is 80.1 Å². The predicted octanol–water partition coefficient (Wildman–Crippen LogP) is 4.21. The van der Waals surface area contributed by atoms with Crippen molar-refractivity contribution in [3.05, 3.63) is 47.5 Å². The highest BCUT2D eigenvalue weighted by Gasteiger charge is 2.28. The van der Waals surface area contributed by atoms with Crippen LogP contribution in [0.1, 0.15) is 43.2 Å². The van der Waals surface area contributed by atoms with E-state index in [0.717, 1.165) is 68.8 Å². The zero-order valence-electron chi connectivity index (χ0n) is 21.3. The minimum Gasteiger partial charge on any atom is -0.493 e. The van der Waals surface area contributed by atoms with Gasteiger partial charge in [0.05, 0.1) is 20.8 Å². The Labute approximate surface area is 209 Å². The number of rotatable bonds is 6. The molecule has 0 N–H and O–H groups in total. The summed E-state index contributed by atoms with van der Waals surface area (Å²) in [5.74, 6) is 1.77. The third kappa shape index (κ3) is 5.49. The Kier molecular flexibility index (Phi) is 7.59. The van der Waals surface area contributed by atoms with Gasteiger partial charge < -0.3 is 14.4 Å². The molecule has 2 aromatic rings. The summed E-state index contributed by atoms with van der Waals surface area (Å²) in [6, 6.07) is 13.5. The molecule has 0 radical (unpaired) electrons. The van der Waals surface area contributed by atoms with Crippen LogP contribution in [0, 0.1) is 0 Å². The highest BCUT2D eigenvalue weighted by atomic mass is 16.5. The van der Waals surface area contributed by atoms with Gasteiger partial charge in [0.25, 0.3) is 0 Å². The van der Waals surface area contributed by atoms with Crippen LogP contribution in [0.3, 0.4) is 0 Å². The van der Waals surface area contributed by atoms with Gasteiger partial charge in [-0.2, -0.15) is 0 Å². The number of amides is 1. The summed E-state index contributed by atoms with van der Waals surface area (Å²) >= 11 is 0. The number of methoxy groups -OCH3 is 2. The van der Waals surface area contributed by atoms with Crippen LogP contribution < -0.4 is 9.47 Å². The predicted molar refractivity (Wildman–Crippen MR) is 139 cm³/mol. The second-order valence-electron chi connectivity index (χ2n) is 10.2. The third-order valence-electron chi connectivity index (χ3n) is 8.13. The van der Waals surface area contributed by atoms with E-state index in [1.807, 2.05) is 12.1 Å². The second kappa shape index (κ2) is 11.0. The van der Waals surface area contributed by atoms with E-state index in [1.165, 1.54) is 48.8 Å². The molecule has 1 aliphatic carbocycles. The maximum Gasteiger partial charge on any atom is 0.236 e. The fourth-order valence-corrected chi connectivity index (χ4v) is 6.02. The van der Waals surface area contributed by atoms with Gasteiger partial charge in [-0.25, -0.2) is 0 Å². The number of hydrogen-bond acceptors (Lipinski definition) is 5. The van der Waals surface area contributed by atoms with E-state index in [0.29, 0.717) is 12.5 Å². The number of piperazine rings is 1. The molecule has 1 amide bonds. The Bertz CT molecular complexity index is 1030. The molecular formula is C29H39N3O3. The SMILES string of the molecule is COc1ccc(-c2ccc3c(c2)CCN(CC(=O)N2CCN(C4CCCCC4)CC2)C3)cc1OC. The lowest BCUT2D eigenvalue weighted by atomic mass is 9.94. The van der Waals surface area contributed by atoms with E-state index >= 15 is 0 Å². The van der Waals surface area contributed by atoms with E-state index in [-0.39, 0.29) is 0 Å². The van der Waals surface area contributed by atoms with Gasteiger partial charge in [-0.05, 0) is 53.6 Å². The number of ether oxygens (including phenoxy) is 2. The van der Waals surface area contributed by atoms with Gasteiger partial charge in [0.15, 0.2) is 11.5 Å². The molecule has 6 heteroatoms. The van der Waals surface area contributed by atoms with Crippen molar-refractivity contribution in [2.75, 3.05) is 53.5 Å². The molecule has 1 saturated carbocycles. The largest absolute Gasteiger partial charge is 0.493 e. The number of benzene rings is 2. The van der Waals surface area contributed by atoms with Gasteiger partial charge in [0, 0.05) is 45.3 Å². The first-order valence-electron chi connectivity index (χ1n) is 13.2. The van der Waals surface area contributed by atoms with Crippen molar-refractivity contribution in [3.63, 3.8) is 0 Å². The van der Waals surface area contributed by atoms with Gasteiger partial charge in [-0.1, -0.05) is 43.5 Å².